The van der Waals surface area contributed by atoms with Crippen LogP contribution in [0.5, 0.6) is 0 Å². The molecule has 0 saturated heterocycles. The van der Waals surface area contributed by atoms with Gasteiger partial charge in [0.2, 0.25) is 0 Å². The number of carbonyl (C=O) groups excluding carboxylic acids is 1. The van der Waals surface area contributed by atoms with Crippen molar-refractivity contribution in [3.63, 3.8) is 0 Å². The van der Waals surface area contributed by atoms with E-state index in [1.165, 1.54) is 0 Å². The van der Waals surface area contributed by atoms with Crippen LogP contribution in [-0.4, -0.2) is 23.1 Å². The van der Waals surface area contributed by atoms with Crippen LogP contribution in [0.25, 0.3) is 0 Å². The van der Waals surface area contributed by atoms with Gasteiger partial charge in [-0.1, -0.05) is 5.92 Å². The summed E-state index contributed by atoms with van der Waals surface area (Å²) in [4.78, 5) is 13.8. The Bertz CT molecular complexity index is 579. The number of carbonyl (C=O) groups is 1. The van der Waals surface area contributed by atoms with Gasteiger partial charge in [-0.25, -0.2) is 4.79 Å². The number of hydrogen-bond acceptors (Lipinski definition) is 3. The van der Waals surface area contributed by atoms with Crippen molar-refractivity contribution in [2.24, 2.45) is 0 Å². The monoisotopic (exact) mass is 272 g/mol. The lowest BCUT2D eigenvalue weighted by atomic mass is 9.94. The van der Waals surface area contributed by atoms with E-state index in [1.807, 2.05) is 32.9 Å². The lowest BCUT2D eigenvalue weighted by molar-refractivity contribution is 0.0224. The van der Waals surface area contributed by atoms with E-state index in [1.54, 1.807) is 4.90 Å². The molecule has 0 saturated carbocycles. The predicted octanol–water partition coefficient (Wildman–Crippen LogP) is 2.54. The molecule has 0 fully saturated rings. The molecular weight excluding hydrogens is 252 g/mol. The molecule has 4 heteroatoms. The van der Waals surface area contributed by atoms with E-state index in [2.05, 4.69) is 5.92 Å². The maximum Gasteiger partial charge on any atom is 0.410 e. The maximum atomic E-state index is 12.1. The van der Waals surface area contributed by atoms with Crippen LogP contribution in [0, 0.1) is 12.3 Å². The fourth-order valence-corrected chi connectivity index (χ4v) is 2.32. The molecular formula is C16H20N2O2. The van der Waals surface area contributed by atoms with E-state index in [0.717, 1.165) is 22.4 Å². The van der Waals surface area contributed by atoms with Crippen molar-refractivity contribution in [2.75, 3.05) is 12.3 Å². The normalized spacial score (nSPS) is 14.4. The molecule has 20 heavy (non-hydrogen) atoms. The molecule has 1 aromatic rings. The predicted molar refractivity (Wildman–Crippen MR) is 79.1 cm³/mol. The molecule has 1 aliphatic rings. The number of terminal acetylenes is 1. The van der Waals surface area contributed by atoms with Crippen molar-refractivity contribution < 1.29 is 9.53 Å². The number of ether oxygens (including phenoxy) is 1. The summed E-state index contributed by atoms with van der Waals surface area (Å²) in [7, 11) is 0. The van der Waals surface area contributed by atoms with Crippen molar-refractivity contribution in [1.29, 1.82) is 0 Å². The fraction of sp³-hybridized carbons (Fsp3) is 0.438. The summed E-state index contributed by atoms with van der Waals surface area (Å²) in [6.07, 6.45) is 5.91. The van der Waals surface area contributed by atoms with E-state index >= 15 is 0 Å². The van der Waals surface area contributed by atoms with E-state index < -0.39 is 5.60 Å². The second-order valence-electron chi connectivity index (χ2n) is 5.96. The van der Waals surface area contributed by atoms with Crippen LogP contribution in [0.15, 0.2) is 12.1 Å². The fourth-order valence-electron chi connectivity index (χ4n) is 2.32. The highest BCUT2D eigenvalue weighted by atomic mass is 16.6. The number of hydrogen-bond donors (Lipinski definition) is 1. The van der Waals surface area contributed by atoms with Crippen LogP contribution in [0.1, 0.15) is 37.5 Å². The summed E-state index contributed by atoms with van der Waals surface area (Å²) in [5.41, 5.74) is 9.04. The standard InChI is InChI=1S/C16H20N2O2/c1-5-11-6-7-14(17)12-8-9-18(10-13(11)12)15(19)20-16(2,3)4/h1,6-7H,8-10,17H2,2-4H3. The van der Waals surface area contributed by atoms with Gasteiger partial charge in [-0.3, -0.25) is 0 Å². The van der Waals surface area contributed by atoms with Gasteiger partial charge in [0.15, 0.2) is 0 Å². The number of benzene rings is 1. The van der Waals surface area contributed by atoms with Crippen LogP contribution in [0.3, 0.4) is 0 Å². The van der Waals surface area contributed by atoms with E-state index in [9.17, 15) is 4.79 Å². The minimum absolute atomic E-state index is 0.312. The van der Waals surface area contributed by atoms with Gasteiger partial charge < -0.3 is 15.4 Å². The number of fused-ring (bicyclic) bond motifs is 1. The minimum atomic E-state index is -0.498. The van der Waals surface area contributed by atoms with Gasteiger partial charge in [-0.05, 0) is 50.5 Å². The lowest BCUT2D eigenvalue weighted by Gasteiger charge is -2.32. The molecule has 106 valence electrons. The molecule has 2 rings (SSSR count). The van der Waals surface area contributed by atoms with Crippen molar-refractivity contribution >= 4 is 11.8 Å². The summed E-state index contributed by atoms with van der Waals surface area (Å²) in [5.74, 6) is 2.66. The van der Waals surface area contributed by atoms with Gasteiger partial charge in [0.25, 0.3) is 0 Å². The van der Waals surface area contributed by atoms with Crippen LogP contribution in [-0.2, 0) is 17.7 Å². The highest BCUT2D eigenvalue weighted by Gasteiger charge is 2.27. The molecule has 0 unspecified atom stereocenters. The summed E-state index contributed by atoms with van der Waals surface area (Å²) < 4.78 is 5.40. The number of nitrogens with two attached hydrogens (primary N) is 1. The molecule has 1 aliphatic heterocycles. The molecule has 1 heterocycles. The van der Waals surface area contributed by atoms with Crippen molar-refractivity contribution in [3.05, 3.63) is 28.8 Å². The van der Waals surface area contributed by atoms with E-state index in [0.29, 0.717) is 19.5 Å². The number of anilines is 1. The van der Waals surface area contributed by atoms with Gasteiger partial charge in [-0.15, -0.1) is 6.42 Å². The maximum absolute atomic E-state index is 12.1. The van der Waals surface area contributed by atoms with Gasteiger partial charge in [0, 0.05) is 17.8 Å². The summed E-state index contributed by atoms with van der Waals surface area (Å²) in [5, 5.41) is 0. The first-order chi connectivity index (χ1) is 9.31. The highest BCUT2D eigenvalue weighted by Crippen LogP contribution is 2.28. The highest BCUT2D eigenvalue weighted by molar-refractivity contribution is 5.70. The molecule has 0 atom stereocenters. The smallest absolute Gasteiger partial charge is 0.410 e. The van der Waals surface area contributed by atoms with Crippen LogP contribution in [0.4, 0.5) is 10.5 Å². The molecule has 0 aromatic heterocycles. The molecule has 0 aliphatic carbocycles. The Morgan fingerprint density at radius 2 is 2.10 bits per heavy atom. The topological polar surface area (TPSA) is 55.6 Å². The molecule has 0 spiro atoms. The van der Waals surface area contributed by atoms with Crippen molar-refractivity contribution in [1.82, 2.24) is 4.90 Å². The second kappa shape index (κ2) is 5.09. The van der Waals surface area contributed by atoms with Gasteiger partial charge in [0.05, 0.1) is 6.54 Å². The number of nitrogen functional groups attached to an aromatic ring is 1. The Kier molecular flexibility index (Phi) is 3.63. The molecule has 2 N–H and O–H groups in total. The molecule has 1 aromatic carbocycles. The molecule has 4 nitrogen and oxygen atoms in total. The zero-order valence-electron chi connectivity index (χ0n) is 12.2. The Morgan fingerprint density at radius 1 is 1.40 bits per heavy atom. The number of amides is 1. The average Bonchev–Trinajstić information content (AvgIpc) is 2.37. The third-order valence-electron chi connectivity index (χ3n) is 3.26. The molecule has 0 bridgehead atoms. The lowest BCUT2D eigenvalue weighted by Crippen LogP contribution is -2.40. The first-order valence-corrected chi connectivity index (χ1v) is 6.66. The SMILES string of the molecule is C#Cc1ccc(N)c2c1CN(C(=O)OC(C)(C)C)CC2. The van der Waals surface area contributed by atoms with Crippen molar-refractivity contribution in [2.45, 2.75) is 39.3 Å². The third kappa shape index (κ3) is 2.88. The molecule has 1 amide bonds. The Morgan fingerprint density at radius 3 is 2.70 bits per heavy atom. The number of rotatable bonds is 0. The zero-order valence-corrected chi connectivity index (χ0v) is 12.2. The summed E-state index contributed by atoms with van der Waals surface area (Å²) in [6.45, 7) is 6.61. The Balaban J connectivity index is 2.25. The third-order valence-corrected chi connectivity index (χ3v) is 3.26. The quantitative estimate of drug-likeness (QED) is 0.583. The minimum Gasteiger partial charge on any atom is -0.444 e. The summed E-state index contributed by atoms with van der Waals surface area (Å²) >= 11 is 0. The van der Waals surface area contributed by atoms with E-state index in [-0.39, 0.29) is 6.09 Å². The van der Waals surface area contributed by atoms with Crippen LogP contribution in [0.2, 0.25) is 0 Å². The first kappa shape index (κ1) is 14.3. The first-order valence-electron chi connectivity index (χ1n) is 6.66. The van der Waals surface area contributed by atoms with Gasteiger partial charge >= 0.3 is 6.09 Å². The summed E-state index contributed by atoms with van der Waals surface area (Å²) in [6, 6.07) is 3.66. The average molecular weight is 272 g/mol. The second-order valence-corrected chi connectivity index (χ2v) is 5.96. The zero-order chi connectivity index (χ0) is 14.9. The van der Waals surface area contributed by atoms with Crippen LogP contribution >= 0.6 is 0 Å². The molecule has 0 radical (unpaired) electrons. The van der Waals surface area contributed by atoms with E-state index in [4.69, 9.17) is 16.9 Å². The Labute approximate surface area is 119 Å². The Hall–Kier alpha value is -2.15. The van der Waals surface area contributed by atoms with Crippen LogP contribution < -0.4 is 5.73 Å². The van der Waals surface area contributed by atoms with Gasteiger partial charge in [0.1, 0.15) is 5.60 Å². The van der Waals surface area contributed by atoms with Gasteiger partial charge in [-0.2, -0.15) is 0 Å². The largest absolute Gasteiger partial charge is 0.444 e. The number of nitrogens with zero attached hydrogens (tertiary/aromatic N) is 1. The van der Waals surface area contributed by atoms with Crippen molar-refractivity contribution in [3.8, 4) is 12.3 Å².